The van der Waals surface area contributed by atoms with Gasteiger partial charge in [0.05, 0.1) is 5.41 Å². The largest absolute Gasteiger partial charge is 0.310 e. The smallest absolute Gasteiger partial charge is 0.237 e. The van der Waals surface area contributed by atoms with E-state index in [1.165, 1.54) is 11.1 Å². The lowest BCUT2D eigenvalue weighted by atomic mass is 9.79. The molecular weight excluding hydrogens is 376 g/mol. The van der Waals surface area contributed by atoms with Gasteiger partial charge in [0.15, 0.2) is 0 Å². The molecule has 3 aromatic rings. The lowest BCUT2D eigenvalue weighted by Gasteiger charge is -2.20. The second-order valence-electron chi connectivity index (χ2n) is 8.49. The van der Waals surface area contributed by atoms with Crippen LogP contribution in [-0.4, -0.2) is 21.8 Å². The van der Waals surface area contributed by atoms with E-state index in [9.17, 15) is 9.59 Å². The first-order valence-electron chi connectivity index (χ1n) is 10.2. The van der Waals surface area contributed by atoms with E-state index in [1.807, 2.05) is 30.3 Å². The average Bonchev–Trinajstić information content (AvgIpc) is 3.42. The van der Waals surface area contributed by atoms with E-state index in [0.29, 0.717) is 24.5 Å². The molecule has 0 saturated carbocycles. The zero-order chi connectivity index (χ0) is 20.3. The minimum atomic E-state index is -0.622. The molecule has 1 aromatic carbocycles. The number of amides is 2. The molecular formula is C24H20N4O2. The van der Waals surface area contributed by atoms with E-state index >= 15 is 0 Å². The van der Waals surface area contributed by atoms with Crippen LogP contribution in [0.4, 0.5) is 11.6 Å². The van der Waals surface area contributed by atoms with E-state index in [0.717, 1.165) is 29.5 Å². The van der Waals surface area contributed by atoms with E-state index in [2.05, 4.69) is 32.7 Å². The molecule has 0 bridgehead atoms. The second-order valence-corrected chi connectivity index (χ2v) is 8.49. The Balaban J connectivity index is 1.23. The van der Waals surface area contributed by atoms with Crippen molar-refractivity contribution >= 4 is 23.5 Å². The van der Waals surface area contributed by atoms with Gasteiger partial charge in [0, 0.05) is 23.9 Å². The van der Waals surface area contributed by atoms with Crippen molar-refractivity contribution in [3.63, 3.8) is 0 Å². The summed E-state index contributed by atoms with van der Waals surface area (Å²) in [6.07, 6.45) is 6.21. The number of aromatic nitrogens is 2. The number of carbonyl (C=O) groups is 2. The molecule has 0 fully saturated rings. The van der Waals surface area contributed by atoms with Crippen LogP contribution in [0.25, 0.3) is 0 Å². The summed E-state index contributed by atoms with van der Waals surface area (Å²) in [4.78, 5) is 34.4. The van der Waals surface area contributed by atoms with Crippen LogP contribution in [0.5, 0.6) is 0 Å². The number of fused-ring (bicyclic) bond motifs is 4. The van der Waals surface area contributed by atoms with E-state index in [4.69, 9.17) is 0 Å². The number of pyridine rings is 2. The highest BCUT2D eigenvalue weighted by molar-refractivity contribution is 6.06. The molecule has 0 saturated heterocycles. The van der Waals surface area contributed by atoms with Crippen molar-refractivity contribution in [2.45, 2.75) is 31.1 Å². The Morgan fingerprint density at radius 2 is 1.77 bits per heavy atom. The molecule has 148 valence electrons. The van der Waals surface area contributed by atoms with Gasteiger partial charge >= 0.3 is 0 Å². The maximum Gasteiger partial charge on any atom is 0.237 e. The Hall–Kier alpha value is -3.54. The van der Waals surface area contributed by atoms with Gasteiger partial charge in [0.1, 0.15) is 11.6 Å². The van der Waals surface area contributed by atoms with Crippen LogP contribution in [-0.2, 0) is 40.7 Å². The summed E-state index contributed by atoms with van der Waals surface area (Å²) in [5.41, 5.74) is 4.93. The summed E-state index contributed by atoms with van der Waals surface area (Å²) in [5.74, 6) is 1.12. The van der Waals surface area contributed by atoms with E-state index < -0.39 is 5.41 Å². The molecule has 2 aliphatic carbocycles. The molecule has 2 aromatic heterocycles. The topological polar surface area (TPSA) is 84.0 Å². The summed E-state index contributed by atoms with van der Waals surface area (Å²) < 4.78 is 0. The summed E-state index contributed by atoms with van der Waals surface area (Å²) in [6.45, 7) is 0. The number of anilines is 2. The predicted molar refractivity (Wildman–Crippen MR) is 112 cm³/mol. The molecule has 2 amide bonds. The third-order valence-corrected chi connectivity index (χ3v) is 6.73. The van der Waals surface area contributed by atoms with Gasteiger partial charge in [-0.15, -0.1) is 0 Å². The summed E-state index contributed by atoms with van der Waals surface area (Å²) in [7, 11) is 0. The fraction of sp³-hybridized carbons (Fsp3) is 0.250. The van der Waals surface area contributed by atoms with Crippen LogP contribution in [0.15, 0.2) is 54.9 Å². The molecule has 3 heterocycles. The fourth-order valence-corrected chi connectivity index (χ4v) is 5.19. The normalized spacial score (nSPS) is 21.3. The molecule has 6 heteroatoms. The number of nitrogens with one attached hydrogen (secondary N) is 2. The molecule has 0 radical (unpaired) electrons. The average molecular weight is 396 g/mol. The van der Waals surface area contributed by atoms with Crippen LogP contribution in [0, 0.1) is 5.92 Å². The van der Waals surface area contributed by atoms with E-state index in [1.54, 1.807) is 12.4 Å². The van der Waals surface area contributed by atoms with Crippen LogP contribution in [0.2, 0.25) is 0 Å². The van der Waals surface area contributed by atoms with Gasteiger partial charge in [-0.25, -0.2) is 9.97 Å². The summed E-state index contributed by atoms with van der Waals surface area (Å²) in [6, 6.07) is 14.0. The molecule has 3 aliphatic rings. The third kappa shape index (κ3) is 2.49. The fourth-order valence-electron chi connectivity index (χ4n) is 5.19. The van der Waals surface area contributed by atoms with Gasteiger partial charge in [-0.05, 0) is 60.1 Å². The van der Waals surface area contributed by atoms with Gasteiger partial charge in [-0.3, -0.25) is 9.59 Å². The molecule has 2 N–H and O–H groups in total. The maximum absolute atomic E-state index is 12.8. The number of nitrogens with zero attached hydrogens (tertiary/aromatic N) is 2. The van der Waals surface area contributed by atoms with Crippen LogP contribution < -0.4 is 10.6 Å². The Morgan fingerprint density at radius 1 is 1.00 bits per heavy atom. The van der Waals surface area contributed by atoms with Crippen molar-refractivity contribution in [2.75, 3.05) is 10.6 Å². The monoisotopic (exact) mass is 396 g/mol. The Morgan fingerprint density at radius 3 is 2.57 bits per heavy atom. The summed E-state index contributed by atoms with van der Waals surface area (Å²) >= 11 is 0. The first kappa shape index (κ1) is 17.3. The SMILES string of the molecule is O=C(Nc1cc2c(cn1)CC1(C2)C(=O)Nc2ncccc21)C1Cc2ccccc2C1. The Bertz CT molecular complexity index is 1200. The number of benzene rings is 1. The second kappa shape index (κ2) is 6.23. The van der Waals surface area contributed by atoms with Gasteiger partial charge in [-0.2, -0.15) is 0 Å². The van der Waals surface area contributed by atoms with Crippen molar-refractivity contribution in [1.82, 2.24) is 9.97 Å². The van der Waals surface area contributed by atoms with Gasteiger partial charge in [0.25, 0.3) is 0 Å². The quantitative estimate of drug-likeness (QED) is 0.698. The number of hydrogen-bond donors (Lipinski definition) is 2. The molecule has 6 nitrogen and oxygen atoms in total. The third-order valence-electron chi connectivity index (χ3n) is 6.73. The lowest BCUT2D eigenvalue weighted by molar-refractivity contribution is -0.121. The van der Waals surface area contributed by atoms with Crippen molar-refractivity contribution in [1.29, 1.82) is 0 Å². The summed E-state index contributed by atoms with van der Waals surface area (Å²) in [5, 5.41) is 5.91. The Kier molecular flexibility index (Phi) is 3.60. The first-order chi connectivity index (χ1) is 14.6. The van der Waals surface area contributed by atoms with Gasteiger partial charge in [0.2, 0.25) is 11.8 Å². The van der Waals surface area contributed by atoms with Crippen LogP contribution in [0.3, 0.4) is 0 Å². The zero-order valence-electron chi connectivity index (χ0n) is 16.3. The van der Waals surface area contributed by atoms with Gasteiger partial charge in [-0.1, -0.05) is 30.3 Å². The number of hydrogen-bond acceptors (Lipinski definition) is 4. The minimum Gasteiger partial charge on any atom is -0.310 e. The van der Waals surface area contributed by atoms with Crippen LogP contribution in [0.1, 0.15) is 27.8 Å². The minimum absolute atomic E-state index is 0.000449. The highest BCUT2D eigenvalue weighted by Crippen LogP contribution is 2.46. The van der Waals surface area contributed by atoms with E-state index in [-0.39, 0.29) is 17.7 Å². The Labute approximate surface area is 173 Å². The molecule has 6 rings (SSSR count). The highest BCUT2D eigenvalue weighted by atomic mass is 16.2. The van der Waals surface area contributed by atoms with Crippen molar-refractivity contribution in [3.05, 3.63) is 82.7 Å². The van der Waals surface area contributed by atoms with Crippen LogP contribution >= 0.6 is 0 Å². The highest BCUT2D eigenvalue weighted by Gasteiger charge is 2.51. The lowest BCUT2D eigenvalue weighted by Crippen LogP contribution is -2.35. The van der Waals surface area contributed by atoms with Crippen molar-refractivity contribution < 1.29 is 9.59 Å². The standard InChI is InChI=1S/C24H20N4O2/c29-22(16-8-14-4-1-2-5-15(14)9-16)27-20-10-17-11-24(12-18(17)13-26-20)19-6-3-7-25-21(19)28-23(24)30/h1-7,10,13,16H,8-9,11-12H2,(H,25,28,30)(H,26,27,29). The van der Waals surface area contributed by atoms with Crippen molar-refractivity contribution in [2.24, 2.45) is 5.92 Å². The van der Waals surface area contributed by atoms with Crippen molar-refractivity contribution in [3.8, 4) is 0 Å². The molecule has 1 atom stereocenters. The molecule has 1 aliphatic heterocycles. The zero-order valence-corrected chi connectivity index (χ0v) is 16.3. The number of rotatable bonds is 2. The molecule has 30 heavy (non-hydrogen) atoms. The number of carbonyl (C=O) groups excluding carboxylic acids is 2. The molecule has 1 unspecified atom stereocenters. The maximum atomic E-state index is 12.8. The van der Waals surface area contributed by atoms with Gasteiger partial charge < -0.3 is 10.6 Å². The predicted octanol–water partition coefficient (Wildman–Crippen LogP) is 2.82. The molecule has 1 spiro atoms. The first-order valence-corrected chi connectivity index (χ1v) is 10.2.